The lowest BCUT2D eigenvalue weighted by Gasteiger charge is -1.97. The minimum atomic E-state index is -3.73. The van der Waals surface area contributed by atoms with Gasteiger partial charge in [0.2, 0.25) is 10.0 Å². The highest BCUT2D eigenvalue weighted by Gasteiger charge is 2.11. The SMILES string of the molecule is Cl.NS(=O)(=O)c1cnccc1Cl. The molecule has 7 heteroatoms. The normalized spacial score (nSPS) is 10.5. The Labute approximate surface area is 81.2 Å². The van der Waals surface area contributed by atoms with Crippen LogP contribution in [0.4, 0.5) is 0 Å². The predicted octanol–water partition coefficient (Wildman–Crippen LogP) is 0.804. The van der Waals surface area contributed by atoms with Crippen LogP contribution in [0.25, 0.3) is 0 Å². The van der Waals surface area contributed by atoms with E-state index in [9.17, 15) is 8.42 Å². The third-order valence-electron chi connectivity index (χ3n) is 1.04. The summed E-state index contributed by atoms with van der Waals surface area (Å²) in [5, 5.41) is 4.89. The Kier molecular flexibility index (Phi) is 3.92. The molecule has 0 bridgehead atoms. The number of pyridine rings is 1. The summed E-state index contributed by atoms with van der Waals surface area (Å²) in [6.45, 7) is 0. The molecular weight excluding hydrogens is 223 g/mol. The number of nitrogens with zero attached hydrogens (tertiary/aromatic N) is 1. The minimum absolute atomic E-state index is 0. The third-order valence-corrected chi connectivity index (χ3v) is 2.42. The molecule has 12 heavy (non-hydrogen) atoms. The maximum absolute atomic E-state index is 10.7. The molecule has 0 amide bonds. The molecule has 1 aromatic rings. The van der Waals surface area contributed by atoms with Crippen molar-refractivity contribution in [1.29, 1.82) is 0 Å². The van der Waals surface area contributed by atoms with E-state index in [1.165, 1.54) is 12.3 Å². The molecule has 2 N–H and O–H groups in total. The van der Waals surface area contributed by atoms with E-state index < -0.39 is 10.0 Å². The van der Waals surface area contributed by atoms with E-state index in [1.807, 2.05) is 0 Å². The van der Waals surface area contributed by atoms with Gasteiger partial charge in [0.05, 0.1) is 5.02 Å². The fourth-order valence-corrected chi connectivity index (χ4v) is 1.55. The Morgan fingerprint density at radius 2 is 2.08 bits per heavy atom. The van der Waals surface area contributed by atoms with Crippen LogP contribution in [0.2, 0.25) is 5.02 Å². The molecule has 0 aliphatic heterocycles. The topological polar surface area (TPSA) is 73.1 Å². The van der Waals surface area contributed by atoms with Crippen molar-refractivity contribution in [2.75, 3.05) is 0 Å². The van der Waals surface area contributed by atoms with Crippen LogP contribution in [0.1, 0.15) is 0 Å². The maximum Gasteiger partial charge on any atom is 0.241 e. The third kappa shape index (κ3) is 2.60. The Morgan fingerprint density at radius 1 is 1.50 bits per heavy atom. The number of primary sulfonamides is 1. The molecule has 68 valence electrons. The highest BCUT2D eigenvalue weighted by atomic mass is 35.5. The first kappa shape index (κ1) is 11.6. The molecule has 0 fully saturated rings. The molecule has 4 nitrogen and oxygen atoms in total. The molecular formula is C5H6Cl2N2O2S. The molecule has 1 heterocycles. The zero-order valence-corrected chi connectivity index (χ0v) is 8.16. The van der Waals surface area contributed by atoms with Gasteiger partial charge in [-0.1, -0.05) is 11.6 Å². The zero-order chi connectivity index (χ0) is 8.48. The van der Waals surface area contributed by atoms with E-state index in [1.54, 1.807) is 0 Å². The van der Waals surface area contributed by atoms with Gasteiger partial charge in [-0.25, -0.2) is 13.6 Å². The van der Waals surface area contributed by atoms with Gasteiger partial charge in [0.25, 0.3) is 0 Å². The van der Waals surface area contributed by atoms with Crippen molar-refractivity contribution >= 4 is 34.0 Å². The van der Waals surface area contributed by atoms with Crippen LogP contribution in [0.5, 0.6) is 0 Å². The molecule has 0 saturated carbocycles. The standard InChI is InChI=1S/C5H5ClN2O2S.ClH/c6-4-1-2-8-3-5(4)11(7,9)10;/h1-3H,(H2,7,9,10);1H. The minimum Gasteiger partial charge on any atom is -0.263 e. The van der Waals surface area contributed by atoms with Crippen LogP contribution in [-0.4, -0.2) is 13.4 Å². The van der Waals surface area contributed by atoms with Crippen LogP contribution in [-0.2, 0) is 10.0 Å². The zero-order valence-electron chi connectivity index (χ0n) is 5.77. The molecule has 1 rings (SSSR count). The Morgan fingerprint density at radius 3 is 2.42 bits per heavy atom. The lowest BCUT2D eigenvalue weighted by atomic mass is 10.5. The summed E-state index contributed by atoms with van der Waals surface area (Å²) in [5.74, 6) is 0. The van der Waals surface area contributed by atoms with Gasteiger partial charge in [-0.05, 0) is 6.07 Å². The summed E-state index contributed by atoms with van der Waals surface area (Å²) in [6.07, 6.45) is 2.49. The van der Waals surface area contributed by atoms with Crippen LogP contribution in [0.15, 0.2) is 23.4 Å². The maximum atomic E-state index is 10.7. The Hall–Kier alpha value is -0.360. The Bertz CT molecular complexity index is 365. The van der Waals surface area contributed by atoms with Crippen LogP contribution in [0.3, 0.4) is 0 Å². The van der Waals surface area contributed by atoms with E-state index in [2.05, 4.69) is 4.98 Å². The van der Waals surface area contributed by atoms with Gasteiger partial charge in [0.1, 0.15) is 4.90 Å². The highest BCUT2D eigenvalue weighted by Crippen LogP contribution is 2.16. The van der Waals surface area contributed by atoms with Crippen molar-refractivity contribution in [2.24, 2.45) is 5.14 Å². The lowest BCUT2D eigenvalue weighted by Crippen LogP contribution is -2.12. The summed E-state index contributed by atoms with van der Waals surface area (Å²) in [6, 6.07) is 1.36. The summed E-state index contributed by atoms with van der Waals surface area (Å²) < 4.78 is 21.4. The molecule has 0 atom stereocenters. The van der Waals surface area contributed by atoms with Crippen molar-refractivity contribution in [3.63, 3.8) is 0 Å². The quantitative estimate of drug-likeness (QED) is 0.774. The summed E-state index contributed by atoms with van der Waals surface area (Å²) in [5.41, 5.74) is 0. The molecule has 0 aliphatic rings. The van der Waals surface area contributed by atoms with E-state index >= 15 is 0 Å². The van der Waals surface area contributed by atoms with Gasteiger partial charge >= 0.3 is 0 Å². The first-order valence-electron chi connectivity index (χ1n) is 2.64. The smallest absolute Gasteiger partial charge is 0.241 e. The van der Waals surface area contributed by atoms with Crippen LogP contribution in [0, 0.1) is 0 Å². The van der Waals surface area contributed by atoms with Gasteiger partial charge in [0, 0.05) is 12.4 Å². The molecule has 1 aromatic heterocycles. The second kappa shape index (κ2) is 4.04. The highest BCUT2D eigenvalue weighted by molar-refractivity contribution is 7.89. The van der Waals surface area contributed by atoms with Gasteiger partial charge in [0.15, 0.2) is 0 Å². The van der Waals surface area contributed by atoms with E-state index in [4.69, 9.17) is 16.7 Å². The number of nitrogens with two attached hydrogens (primary N) is 1. The predicted molar refractivity (Wildman–Crippen MR) is 47.9 cm³/mol. The number of sulfonamides is 1. The van der Waals surface area contributed by atoms with Crippen molar-refractivity contribution in [3.8, 4) is 0 Å². The number of rotatable bonds is 1. The monoisotopic (exact) mass is 228 g/mol. The van der Waals surface area contributed by atoms with Crippen molar-refractivity contribution < 1.29 is 8.42 Å². The number of aromatic nitrogens is 1. The molecule has 0 aromatic carbocycles. The van der Waals surface area contributed by atoms with Gasteiger partial charge in [-0.15, -0.1) is 12.4 Å². The number of hydrogen-bond acceptors (Lipinski definition) is 3. The average molecular weight is 229 g/mol. The molecule has 0 saturated heterocycles. The van der Waals surface area contributed by atoms with E-state index in [-0.39, 0.29) is 22.3 Å². The first-order chi connectivity index (χ1) is 5.02. The van der Waals surface area contributed by atoms with Gasteiger partial charge in [-0.3, -0.25) is 4.98 Å². The largest absolute Gasteiger partial charge is 0.263 e. The second-order valence-corrected chi connectivity index (χ2v) is 3.79. The summed E-state index contributed by atoms with van der Waals surface area (Å²) in [4.78, 5) is 3.42. The molecule has 0 spiro atoms. The van der Waals surface area contributed by atoms with Crippen molar-refractivity contribution in [2.45, 2.75) is 4.90 Å². The fourth-order valence-electron chi connectivity index (χ4n) is 0.572. The van der Waals surface area contributed by atoms with E-state index in [0.717, 1.165) is 6.20 Å². The van der Waals surface area contributed by atoms with Crippen LogP contribution < -0.4 is 5.14 Å². The first-order valence-corrected chi connectivity index (χ1v) is 4.56. The van der Waals surface area contributed by atoms with Crippen LogP contribution >= 0.6 is 24.0 Å². The van der Waals surface area contributed by atoms with Crippen molar-refractivity contribution in [3.05, 3.63) is 23.5 Å². The molecule has 0 unspecified atom stereocenters. The van der Waals surface area contributed by atoms with Gasteiger partial charge in [-0.2, -0.15) is 0 Å². The fraction of sp³-hybridized carbons (Fsp3) is 0. The molecule has 0 aliphatic carbocycles. The number of halogens is 2. The second-order valence-electron chi connectivity index (χ2n) is 1.85. The van der Waals surface area contributed by atoms with E-state index in [0.29, 0.717) is 0 Å². The summed E-state index contributed by atoms with van der Waals surface area (Å²) >= 11 is 5.51. The average Bonchev–Trinajstić information content (AvgIpc) is 1.86. The van der Waals surface area contributed by atoms with Crippen molar-refractivity contribution in [1.82, 2.24) is 4.98 Å². The Balaban J connectivity index is 0.00000121. The number of hydrogen-bond donors (Lipinski definition) is 1. The molecule has 0 radical (unpaired) electrons. The lowest BCUT2D eigenvalue weighted by molar-refractivity contribution is 0.597. The summed E-state index contributed by atoms with van der Waals surface area (Å²) in [7, 11) is -3.73. The van der Waals surface area contributed by atoms with Gasteiger partial charge < -0.3 is 0 Å².